The third kappa shape index (κ3) is 3.54. The summed E-state index contributed by atoms with van der Waals surface area (Å²) in [5, 5.41) is 4.13. The predicted octanol–water partition coefficient (Wildman–Crippen LogP) is 4.03. The Hall–Kier alpha value is -0.930. The molecule has 0 aromatic heterocycles. The smallest absolute Gasteiger partial charge is 0.143 e. The van der Waals surface area contributed by atoms with Crippen LogP contribution in [0, 0.1) is 6.92 Å². The molecule has 1 N–H and O–H groups in total. The van der Waals surface area contributed by atoms with Gasteiger partial charge in [0.2, 0.25) is 0 Å². The molecule has 2 rings (SSSR count). The van der Waals surface area contributed by atoms with Gasteiger partial charge in [-0.25, -0.2) is 0 Å². The molecule has 4 heteroatoms. The Morgan fingerprint density at radius 2 is 2.21 bits per heavy atom. The van der Waals surface area contributed by atoms with E-state index in [2.05, 4.69) is 19.2 Å². The molecular formula is C15H22ClNO2. The molecule has 0 bridgehead atoms. The SMILES string of the molecule is COc1cc(Cl)c(C)cc1NCC1CCC(C)(C)O1. The summed E-state index contributed by atoms with van der Waals surface area (Å²) >= 11 is 6.10. The second-order valence-electron chi connectivity index (χ2n) is 5.72. The van der Waals surface area contributed by atoms with Crippen molar-refractivity contribution in [1.29, 1.82) is 0 Å². The highest BCUT2D eigenvalue weighted by Gasteiger charge is 2.31. The number of methoxy groups -OCH3 is 1. The van der Waals surface area contributed by atoms with Crippen molar-refractivity contribution in [2.24, 2.45) is 0 Å². The molecule has 1 heterocycles. The van der Waals surface area contributed by atoms with Crippen molar-refractivity contribution in [3.63, 3.8) is 0 Å². The summed E-state index contributed by atoms with van der Waals surface area (Å²) in [5.41, 5.74) is 2.02. The number of halogens is 1. The molecule has 3 nitrogen and oxygen atoms in total. The van der Waals surface area contributed by atoms with Crippen LogP contribution in [0.4, 0.5) is 5.69 Å². The first kappa shape index (κ1) is 14.5. The van der Waals surface area contributed by atoms with Crippen LogP contribution in [0.5, 0.6) is 5.75 Å². The topological polar surface area (TPSA) is 30.5 Å². The maximum absolute atomic E-state index is 6.10. The molecule has 1 unspecified atom stereocenters. The highest BCUT2D eigenvalue weighted by atomic mass is 35.5. The molecule has 106 valence electrons. The third-order valence-electron chi connectivity index (χ3n) is 3.56. The Balaban J connectivity index is 2.01. The fourth-order valence-corrected chi connectivity index (χ4v) is 2.57. The number of anilines is 1. The fraction of sp³-hybridized carbons (Fsp3) is 0.600. The summed E-state index contributed by atoms with van der Waals surface area (Å²) in [5.74, 6) is 0.771. The van der Waals surface area contributed by atoms with Gasteiger partial charge in [-0.1, -0.05) is 11.6 Å². The van der Waals surface area contributed by atoms with Gasteiger partial charge in [-0.05, 0) is 45.2 Å². The van der Waals surface area contributed by atoms with Crippen LogP contribution in [0.15, 0.2) is 12.1 Å². The van der Waals surface area contributed by atoms with Gasteiger partial charge in [0.05, 0.1) is 24.5 Å². The lowest BCUT2D eigenvalue weighted by Gasteiger charge is -2.20. The van der Waals surface area contributed by atoms with E-state index in [-0.39, 0.29) is 11.7 Å². The largest absolute Gasteiger partial charge is 0.495 e. The minimum atomic E-state index is 0.00630. The number of hydrogen-bond acceptors (Lipinski definition) is 3. The lowest BCUT2D eigenvalue weighted by molar-refractivity contribution is -0.00911. The number of ether oxygens (including phenoxy) is 2. The van der Waals surface area contributed by atoms with Gasteiger partial charge in [-0.2, -0.15) is 0 Å². The normalized spacial score (nSPS) is 21.4. The van der Waals surface area contributed by atoms with Crippen molar-refractivity contribution >= 4 is 17.3 Å². The second kappa shape index (κ2) is 5.59. The van der Waals surface area contributed by atoms with Gasteiger partial charge in [0, 0.05) is 17.6 Å². The zero-order valence-corrected chi connectivity index (χ0v) is 12.8. The molecule has 1 fully saturated rings. The summed E-state index contributed by atoms with van der Waals surface area (Å²) in [7, 11) is 1.65. The molecule has 0 saturated carbocycles. The predicted molar refractivity (Wildman–Crippen MR) is 79.4 cm³/mol. The first-order valence-electron chi connectivity index (χ1n) is 6.67. The summed E-state index contributed by atoms with van der Waals surface area (Å²) < 4.78 is 11.3. The number of aryl methyl sites for hydroxylation is 1. The minimum absolute atomic E-state index is 0.00630. The minimum Gasteiger partial charge on any atom is -0.495 e. The maximum atomic E-state index is 6.10. The zero-order chi connectivity index (χ0) is 14.0. The third-order valence-corrected chi connectivity index (χ3v) is 3.96. The van der Waals surface area contributed by atoms with Gasteiger partial charge in [-0.15, -0.1) is 0 Å². The molecular weight excluding hydrogens is 262 g/mol. The van der Waals surface area contributed by atoms with E-state index in [1.54, 1.807) is 7.11 Å². The van der Waals surface area contributed by atoms with Crippen LogP contribution >= 0.6 is 11.6 Å². The van der Waals surface area contributed by atoms with E-state index in [0.29, 0.717) is 0 Å². The molecule has 1 saturated heterocycles. The molecule has 0 spiro atoms. The highest BCUT2D eigenvalue weighted by molar-refractivity contribution is 6.31. The summed E-state index contributed by atoms with van der Waals surface area (Å²) in [6.45, 7) is 7.06. The second-order valence-corrected chi connectivity index (χ2v) is 6.13. The average molecular weight is 284 g/mol. The van der Waals surface area contributed by atoms with Crippen molar-refractivity contribution in [3.8, 4) is 5.75 Å². The van der Waals surface area contributed by atoms with E-state index in [4.69, 9.17) is 21.1 Å². The first-order chi connectivity index (χ1) is 8.91. The quantitative estimate of drug-likeness (QED) is 0.905. The van der Waals surface area contributed by atoms with E-state index in [1.807, 2.05) is 19.1 Å². The lowest BCUT2D eigenvalue weighted by atomic mass is 10.1. The molecule has 0 amide bonds. The average Bonchev–Trinajstić information content (AvgIpc) is 2.70. The highest BCUT2D eigenvalue weighted by Crippen LogP contribution is 2.33. The molecule has 0 aliphatic carbocycles. The van der Waals surface area contributed by atoms with Crippen LogP contribution in [0.25, 0.3) is 0 Å². The molecule has 1 aromatic carbocycles. The van der Waals surface area contributed by atoms with Crippen LogP contribution in [-0.4, -0.2) is 25.4 Å². The molecule has 1 aliphatic heterocycles. The molecule has 1 aliphatic rings. The van der Waals surface area contributed by atoms with E-state index < -0.39 is 0 Å². The number of benzene rings is 1. The van der Waals surface area contributed by atoms with Gasteiger partial charge in [0.15, 0.2) is 0 Å². The van der Waals surface area contributed by atoms with Crippen molar-refractivity contribution in [2.75, 3.05) is 19.0 Å². The first-order valence-corrected chi connectivity index (χ1v) is 7.05. The van der Waals surface area contributed by atoms with Crippen molar-refractivity contribution in [3.05, 3.63) is 22.7 Å². The Bertz CT molecular complexity index is 460. The maximum Gasteiger partial charge on any atom is 0.143 e. The molecule has 1 aromatic rings. The van der Waals surface area contributed by atoms with Crippen molar-refractivity contribution in [2.45, 2.75) is 45.3 Å². The Morgan fingerprint density at radius 1 is 1.47 bits per heavy atom. The van der Waals surface area contributed by atoms with Gasteiger partial charge >= 0.3 is 0 Å². The van der Waals surface area contributed by atoms with Gasteiger partial charge in [0.25, 0.3) is 0 Å². The number of rotatable bonds is 4. The standard InChI is InChI=1S/C15H22ClNO2/c1-10-7-13(14(18-4)8-12(10)16)17-9-11-5-6-15(2,3)19-11/h7-8,11,17H,5-6,9H2,1-4H3. The number of nitrogens with one attached hydrogen (secondary N) is 1. The van der Waals surface area contributed by atoms with Crippen LogP contribution in [0.2, 0.25) is 5.02 Å². The van der Waals surface area contributed by atoms with Crippen LogP contribution in [0.3, 0.4) is 0 Å². The van der Waals surface area contributed by atoms with Crippen LogP contribution < -0.4 is 10.1 Å². The zero-order valence-electron chi connectivity index (χ0n) is 12.0. The lowest BCUT2D eigenvalue weighted by Crippen LogP contribution is -2.25. The van der Waals surface area contributed by atoms with Crippen molar-refractivity contribution in [1.82, 2.24) is 0 Å². The van der Waals surface area contributed by atoms with E-state index in [9.17, 15) is 0 Å². The summed E-state index contributed by atoms with van der Waals surface area (Å²) in [6, 6.07) is 3.86. The summed E-state index contributed by atoms with van der Waals surface area (Å²) in [6.07, 6.45) is 2.46. The summed E-state index contributed by atoms with van der Waals surface area (Å²) in [4.78, 5) is 0. The molecule has 19 heavy (non-hydrogen) atoms. The van der Waals surface area contributed by atoms with Gasteiger partial charge in [-0.3, -0.25) is 0 Å². The molecule has 0 radical (unpaired) electrons. The van der Waals surface area contributed by atoms with Crippen LogP contribution in [0.1, 0.15) is 32.3 Å². The Labute approximate surface area is 120 Å². The fourth-order valence-electron chi connectivity index (χ4n) is 2.42. The van der Waals surface area contributed by atoms with E-state index in [1.165, 1.54) is 0 Å². The van der Waals surface area contributed by atoms with Gasteiger partial charge < -0.3 is 14.8 Å². The Morgan fingerprint density at radius 3 is 2.79 bits per heavy atom. The molecule has 1 atom stereocenters. The van der Waals surface area contributed by atoms with Gasteiger partial charge in [0.1, 0.15) is 5.75 Å². The van der Waals surface area contributed by atoms with Crippen molar-refractivity contribution < 1.29 is 9.47 Å². The van der Waals surface area contributed by atoms with Crippen LogP contribution in [-0.2, 0) is 4.74 Å². The monoisotopic (exact) mass is 283 g/mol. The van der Waals surface area contributed by atoms with E-state index in [0.717, 1.165) is 41.4 Å². The van der Waals surface area contributed by atoms with E-state index >= 15 is 0 Å². The number of hydrogen-bond donors (Lipinski definition) is 1. The Kier molecular flexibility index (Phi) is 4.26.